The van der Waals surface area contributed by atoms with Crippen LogP contribution in [0, 0.1) is 5.92 Å². The molecule has 2 rings (SSSR count). The van der Waals surface area contributed by atoms with Crippen molar-refractivity contribution in [3.05, 3.63) is 12.7 Å². The molecule has 2 heterocycles. The van der Waals surface area contributed by atoms with Crippen molar-refractivity contribution in [2.75, 3.05) is 19.8 Å². The molecule has 1 unspecified atom stereocenters. The Bertz CT molecular complexity index is 233. The molecule has 0 N–H and O–H groups in total. The number of ether oxygens (including phenoxy) is 1. The molecule has 3 heteroatoms. The molecule has 0 bridgehead atoms. The van der Waals surface area contributed by atoms with Crippen molar-refractivity contribution in [3.8, 4) is 0 Å². The van der Waals surface area contributed by atoms with Crippen molar-refractivity contribution in [2.24, 2.45) is 5.92 Å². The lowest BCUT2D eigenvalue weighted by molar-refractivity contribution is -0.131. The monoisotopic (exact) mass is 195 g/mol. The Hall–Kier alpha value is -0.830. The molecule has 0 spiro atoms. The first kappa shape index (κ1) is 9.71. The molecule has 2 fully saturated rings. The summed E-state index contributed by atoms with van der Waals surface area (Å²) in [7, 11) is 0. The van der Waals surface area contributed by atoms with Gasteiger partial charge in [0, 0.05) is 38.1 Å². The van der Waals surface area contributed by atoms with Crippen LogP contribution in [-0.4, -0.2) is 36.6 Å². The van der Waals surface area contributed by atoms with Gasteiger partial charge >= 0.3 is 0 Å². The highest BCUT2D eigenvalue weighted by atomic mass is 16.5. The normalized spacial score (nSPS) is 29.6. The third-order valence-corrected chi connectivity index (χ3v) is 3.15. The first-order valence-corrected chi connectivity index (χ1v) is 5.31. The number of rotatable bonds is 2. The van der Waals surface area contributed by atoms with Crippen LogP contribution in [0.3, 0.4) is 0 Å². The number of hydrogen-bond acceptors (Lipinski definition) is 2. The van der Waals surface area contributed by atoms with Gasteiger partial charge in [-0.15, -0.1) is 6.58 Å². The van der Waals surface area contributed by atoms with Crippen LogP contribution >= 0.6 is 0 Å². The Labute approximate surface area is 84.7 Å². The molecule has 2 aliphatic heterocycles. The number of likely N-dealkylation sites (tertiary alicyclic amines) is 1. The van der Waals surface area contributed by atoms with Gasteiger partial charge in [-0.1, -0.05) is 6.08 Å². The molecule has 1 atom stereocenters. The Kier molecular flexibility index (Phi) is 2.87. The molecule has 3 nitrogen and oxygen atoms in total. The standard InChI is InChI=1S/C11H17NO2/c1-2-9-7-11(13)12(8-9)10-3-5-14-6-4-10/h2,9-10H,1,3-8H2. The van der Waals surface area contributed by atoms with E-state index in [0.29, 0.717) is 24.3 Å². The van der Waals surface area contributed by atoms with Gasteiger partial charge in [-0.3, -0.25) is 4.79 Å². The zero-order chi connectivity index (χ0) is 9.97. The van der Waals surface area contributed by atoms with Crippen molar-refractivity contribution in [3.63, 3.8) is 0 Å². The van der Waals surface area contributed by atoms with Crippen molar-refractivity contribution < 1.29 is 9.53 Å². The number of nitrogens with zero attached hydrogens (tertiary/aromatic N) is 1. The highest BCUT2D eigenvalue weighted by Crippen LogP contribution is 2.25. The SMILES string of the molecule is C=CC1CC(=O)N(C2CCOCC2)C1. The lowest BCUT2D eigenvalue weighted by atomic mass is 10.1. The maximum atomic E-state index is 11.7. The Morgan fingerprint density at radius 3 is 2.71 bits per heavy atom. The molecule has 14 heavy (non-hydrogen) atoms. The Morgan fingerprint density at radius 1 is 1.43 bits per heavy atom. The van der Waals surface area contributed by atoms with Gasteiger partial charge in [0.25, 0.3) is 0 Å². The molecule has 78 valence electrons. The quantitative estimate of drug-likeness (QED) is 0.620. The van der Waals surface area contributed by atoms with Crippen LogP contribution in [0.15, 0.2) is 12.7 Å². The third kappa shape index (κ3) is 1.82. The Balaban J connectivity index is 1.96. The van der Waals surface area contributed by atoms with Crippen LogP contribution in [0.4, 0.5) is 0 Å². The molecule has 2 saturated heterocycles. The summed E-state index contributed by atoms with van der Waals surface area (Å²) in [5.41, 5.74) is 0. The van der Waals surface area contributed by atoms with Crippen molar-refractivity contribution in [2.45, 2.75) is 25.3 Å². The van der Waals surface area contributed by atoms with Crippen LogP contribution in [0.25, 0.3) is 0 Å². The van der Waals surface area contributed by atoms with E-state index in [9.17, 15) is 4.79 Å². The maximum Gasteiger partial charge on any atom is 0.223 e. The minimum atomic E-state index is 0.293. The molecule has 0 aromatic rings. The molecular weight excluding hydrogens is 178 g/mol. The summed E-state index contributed by atoms with van der Waals surface area (Å²) >= 11 is 0. The van der Waals surface area contributed by atoms with Crippen molar-refractivity contribution in [1.29, 1.82) is 0 Å². The van der Waals surface area contributed by atoms with E-state index in [1.165, 1.54) is 0 Å². The number of hydrogen-bond donors (Lipinski definition) is 0. The molecular formula is C11H17NO2. The third-order valence-electron chi connectivity index (χ3n) is 3.15. The first-order chi connectivity index (χ1) is 6.81. The summed E-state index contributed by atoms with van der Waals surface area (Å²) in [5, 5.41) is 0. The van der Waals surface area contributed by atoms with Gasteiger partial charge in [0.05, 0.1) is 0 Å². The summed E-state index contributed by atoms with van der Waals surface area (Å²) in [6.45, 7) is 6.22. The largest absolute Gasteiger partial charge is 0.381 e. The van der Waals surface area contributed by atoms with Gasteiger partial charge in [-0.2, -0.15) is 0 Å². The summed E-state index contributed by atoms with van der Waals surface area (Å²) in [5.74, 6) is 0.659. The fourth-order valence-electron chi connectivity index (χ4n) is 2.27. The van der Waals surface area contributed by atoms with E-state index in [-0.39, 0.29) is 0 Å². The van der Waals surface area contributed by atoms with Crippen molar-refractivity contribution >= 4 is 5.91 Å². The highest BCUT2D eigenvalue weighted by molar-refractivity contribution is 5.79. The lowest BCUT2D eigenvalue weighted by Gasteiger charge is -2.31. The second-order valence-corrected chi connectivity index (χ2v) is 4.09. The van der Waals surface area contributed by atoms with Gasteiger partial charge in [0.15, 0.2) is 0 Å². The summed E-state index contributed by atoms with van der Waals surface area (Å²) < 4.78 is 5.29. The minimum Gasteiger partial charge on any atom is -0.381 e. The maximum absolute atomic E-state index is 11.7. The van der Waals surface area contributed by atoms with Gasteiger partial charge < -0.3 is 9.64 Å². The van der Waals surface area contributed by atoms with E-state index in [4.69, 9.17) is 4.74 Å². The number of carbonyl (C=O) groups excluding carboxylic acids is 1. The Morgan fingerprint density at radius 2 is 2.14 bits per heavy atom. The zero-order valence-corrected chi connectivity index (χ0v) is 8.45. The minimum absolute atomic E-state index is 0.293. The summed E-state index contributed by atoms with van der Waals surface area (Å²) in [4.78, 5) is 13.7. The van der Waals surface area contributed by atoms with Gasteiger partial charge in [0.1, 0.15) is 0 Å². The number of amides is 1. The zero-order valence-electron chi connectivity index (χ0n) is 8.45. The molecule has 0 radical (unpaired) electrons. The fraction of sp³-hybridized carbons (Fsp3) is 0.727. The van der Waals surface area contributed by atoms with Gasteiger partial charge in [0.2, 0.25) is 5.91 Å². The topological polar surface area (TPSA) is 29.5 Å². The lowest BCUT2D eigenvalue weighted by Crippen LogP contribution is -2.40. The molecule has 0 saturated carbocycles. The second kappa shape index (κ2) is 4.13. The summed E-state index contributed by atoms with van der Waals surface area (Å²) in [6, 6.07) is 0.418. The van der Waals surface area contributed by atoms with E-state index >= 15 is 0 Å². The van der Waals surface area contributed by atoms with Crippen LogP contribution in [0.2, 0.25) is 0 Å². The highest BCUT2D eigenvalue weighted by Gasteiger charge is 2.33. The summed E-state index contributed by atoms with van der Waals surface area (Å²) in [6.07, 6.45) is 4.54. The van der Waals surface area contributed by atoms with Crippen LogP contribution in [0.5, 0.6) is 0 Å². The average molecular weight is 195 g/mol. The van der Waals surface area contributed by atoms with E-state index < -0.39 is 0 Å². The average Bonchev–Trinajstić information content (AvgIpc) is 2.61. The smallest absolute Gasteiger partial charge is 0.223 e. The van der Waals surface area contributed by atoms with Gasteiger partial charge in [-0.25, -0.2) is 0 Å². The van der Waals surface area contributed by atoms with Gasteiger partial charge in [-0.05, 0) is 12.8 Å². The van der Waals surface area contributed by atoms with Crippen molar-refractivity contribution in [1.82, 2.24) is 4.90 Å². The second-order valence-electron chi connectivity index (χ2n) is 4.09. The fourth-order valence-corrected chi connectivity index (χ4v) is 2.27. The molecule has 0 aromatic heterocycles. The predicted octanol–water partition coefficient (Wildman–Crippen LogP) is 1.20. The van der Waals surface area contributed by atoms with E-state index in [0.717, 1.165) is 32.6 Å². The van der Waals surface area contributed by atoms with Crippen LogP contribution < -0.4 is 0 Å². The van der Waals surface area contributed by atoms with E-state index in [1.54, 1.807) is 0 Å². The molecule has 2 aliphatic rings. The predicted molar refractivity (Wildman–Crippen MR) is 53.9 cm³/mol. The van der Waals surface area contributed by atoms with E-state index in [2.05, 4.69) is 6.58 Å². The first-order valence-electron chi connectivity index (χ1n) is 5.31. The van der Waals surface area contributed by atoms with Crippen LogP contribution in [-0.2, 0) is 9.53 Å². The van der Waals surface area contributed by atoms with Crippen LogP contribution in [0.1, 0.15) is 19.3 Å². The molecule has 0 aromatic carbocycles. The van der Waals surface area contributed by atoms with E-state index in [1.807, 2.05) is 11.0 Å². The molecule has 0 aliphatic carbocycles. The molecule has 1 amide bonds. The number of carbonyl (C=O) groups is 1.